The Balaban J connectivity index is 0.000000210. The molecule has 0 bridgehead atoms. The number of hydrogen-bond donors (Lipinski definition) is 2. The minimum Gasteiger partial charge on any atom is -0.507 e. The summed E-state index contributed by atoms with van der Waals surface area (Å²) >= 11 is 3.34. The number of halogens is 1. The Morgan fingerprint density at radius 1 is 0.865 bits per heavy atom. The Bertz CT molecular complexity index is 1530. The molecule has 284 valence electrons. The molecule has 0 aromatic heterocycles. The van der Waals surface area contributed by atoms with E-state index in [2.05, 4.69) is 32.2 Å². The number of phenols is 1. The Labute approximate surface area is 315 Å². The fourth-order valence-electron chi connectivity index (χ4n) is 7.95. The van der Waals surface area contributed by atoms with Crippen molar-refractivity contribution in [1.29, 1.82) is 0 Å². The van der Waals surface area contributed by atoms with E-state index in [1.54, 1.807) is 11.0 Å². The lowest BCUT2D eigenvalue weighted by Crippen LogP contribution is -2.50. The molecule has 3 saturated heterocycles. The number of ether oxygens (including phenoxy) is 2. The molecular weight excluding hydrogens is 730 g/mol. The van der Waals surface area contributed by atoms with Crippen LogP contribution in [0.5, 0.6) is 5.75 Å². The van der Waals surface area contributed by atoms with Crippen molar-refractivity contribution in [2.24, 2.45) is 11.8 Å². The van der Waals surface area contributed by atoms with Gasteiger partial charge in [-0.25, -0.2) is 9.59 Å². The molecule has 1 atom stereocenters. The summed E-state index contributed by atoms with van der Waals surface area (Å²) in [4.78, 5) is 56.6. The maximum absolute atomic E-state index is 12.9. The Morgan fingerprint density at radius 3 is 2.17 bits per heavy atom. The summed E-state index contributed by atoms with van der Waals surface area (Å²) in [5, 5.41) is 12.6. The Kier molecular flexibility index (Phi) is 14.2. The van der Waals surface area contributed by atoms with Crippen LogP contribution in [0.1, 0.15) is 63.0 Å². The van der Waals surface area contributed by atoms with Crippen molar-refractivity contribution >= 4 is 45.6 Å². The number of piperidine rings is 3. The first-order valence-corrected chi connectivity index (χ1v) is 19.4. The van der Waals surface area contributed by atoms with Gasteiger partial charge in [-0.3, -0.25) is 9.59 Å². The summed E-state index contributed by atoms with van der Waals surface area (Å²) in [6.45, 7) is 7.67. The van der Waals surface area contributed by atoms with Gasteiger partial charge >= 0.3 is 18.1 Å². The minimum atomic E-state index is -0.286. The van der Waals surface area contributed by atoms with Crippen LogP contribution in [-0.2, 0) is 31.9 Å². The highest BCUT2D eigenvalue weighted by molar-refractivity contribution is 9.10. The molecule has 0 saturated carbocycles. The van der Waals surface area contributed by atoms with Crippen molar-refractivity contribution in [2.75, 3.05) is 65.3 Å². The minimum absolute atomic E-state index is 0.0403. The maximum atomic E-state index is 12.9. The van der Waals surface area contributed by atoms with Gasteiger partial charge in [-0.2, -0.15) is 0 Å². The molecule has 4 amide bonds. The molecule has 2 N–H and O–H groups in total. The first-order valence-electron chi connectivity index (χ1n) is 18.6. The van der Waals surface area contributed by atoms with E-state index in [9.17, 15) is 24.3 Å². The van der Waals surface area contributed by atoms with Crippen molar-refractivity contribution in [3.8, 4) is 5.75 Å². The van der Waals surface area contributed by atoms with Crippen LogP contribution in [0.2, 0.25) is 0 Å². The number of urea groups is 1. The number of phenolic OH excluding ortho intramolecular Hbond substituents is 1. The average molecular weight is 785 g/mol. The number of amides is 4. The second-order valence-corrected chi connectivity index (χ2v) is 15.3. The summed E-state index contributed by atoms with van der Waals surface area (Å²) < 4.78 is 10.2. The Morgan fingerprint density at radius 2 is 1.52 bits per heavy atom. The van der Waals surface area contributed by atoms with Crippen molar-refractivity contribution in [2.45, 2.75) is 76.8 Å². The summed E-state index contributed by atoms with van der Waals surface area (Å²) in [5.41, 5.74) is 3.12. The lowest BCUT2D eigenvalue weighted by Gasteiger charge is -2.42. The SMILES string of the molecule is COC(=O)CC1CCN(C2CCN(C(=O)[C@H](C)Cc3ccc(O)c(Br)c3)CC2)CC1.COC(=O)N1CCC(N2CCc3ccccc3NC2=O)CC1. The number of nitrogens with one attached hydrogen (secondary N) is 1. The van der Waals surface area contributed by atoms with Gasteiger partial charge in [0.15, 0.2) is 0 Å². The molecule has 3 fully saturated rings. The molecular formula is C39H54BrN5O7. The number of carbonyl (C=O) groups is 4. The molecule has 4 aliphatic heterocycles. The molecule has 0 spiro atoms. The molecule has 0 radical (unpaired) electrons. The van der Waals surface area contributed by atoms with Crippen LogP contribution >= 0.6 is 15.9 Å². The van der Waals surface area contributed by atoms with Crippen LogP contribution in [0, 0.1) is 11.8 Å². The lowest BCUT2D eigenvalue weighted by atomic mass is 9.91. The van der Waals surface area contributed by atoms with Gasteiger partial charge < -0.3 is 39.5 Å². The number of benzene rings is 2. The zero-order valence-corrected chi connectivity index (χ0v) is 32.3. The summed E-state index contributed by atoms with van der Waals surface area (Å²) in [5.74, 6) is 0.695. The standard InChI is InChI=1S/C23H33BrN2O4.C16H21N3O3/c1-16(13-18-3-4-21(27)20(24)14-18)23(29)26-11-7-19(8-12-26)25-9-5-17(6-10-25)15-22(28)30-2;1-22-16(21)18-9-7-13(8-10-18)19-11-6-12-4-2-3-5-14(12)17-15(19)20/h3-4,14,16-17,19,27H,5-13,15H2,1-2H3;2-5,13H,6-11H2,1H3,(H,17,20)/t16-;/m1./s1. The van der Waals surface area contributed by atoms with Crippen molar-refractivity contribution in [3.63, 3.8) is 0 Å². The number of hydrogen-bond acceptors (Lipinski definition) is 8. The van der Waals surface area contributed by atoms with E-state index in [4.69, 9.17) is 9.47 Å². The van der Waals surface area contributed by atoms with Gasteiger partial charge in [0.25, 0.3) is 0 Å². The highest BCUT2D eigenvalue weighted by Gasteiger charge is 2.33. The molecule has 12 nitrogen and oxygen atoms in total. The summed E-state index contributed by atoms with van der Waals surface area (Å²) in [7, 11) is 2.85. The number of para-hydroxylation sites is 1. The van der Waals surface area contributed by atoms with E-state index in [1.807, 2.05) is 47.1 Å². The second kappa shape index (κ2) is 18.8. The number of nitrogens with zero attached hydrogens (tertiary/aromatic N) is 4. The summed E-state index contributed by atoms with van der Waals surface area (Å²) in [6.07, 6.45) is 7.49. The smallest absolute Gasteiger partial charge is 0.409 e. The number of esters is 1. The first kappa shape index (κ1) is 39.4. The van der Waals surface area contributed by atoms with Crippen LogP contribution in [-0.4, -0.2) is 121 Å². The van der Waals surface area contributed by atoms with Crippen LogP contribution in [0.25, 0.3) is 0 Å². The molecule has 2 aromatic rings. The highest BCUT2D eigenvalue weighted by Crippen LogP contribution is 2.29. The zero-order valence-electron chi connectivity index (χ0n) is 30.7. The third kappa shape index (κ3) is 10.4. The largest absolute Gasteiger partial charge is 0.507 e. The van der Waals surface area contributed by atoms with Gasteiger partial charge in [0.1, 0.15) is 5.75 Å². The quantitative estimate of drug-likeness (QED) is 0.332. The molecule has 2 aromatic carbocycles. The van der Waals surface area contributed by atoms with E-state index >= 15 is 0 Å². The molecule has 6 rings (SSSR count). The molecule has 0 aliphatic carbocycles. The molecule has 0 unspecified atom stereocenters. The van der Waals surface area contributed by atoms with E-state index in [0.29, 0.717) is 48.9 Å². The lowest BCUT2D eigenvalue weighted by molar-refractivity contribution is -0.142. The molecule has 4 heterocycles. The van der Waals surface area contributed by atoms with E-state index in [-0.39, 0.29) is 41.7 Å². The topological polar surface area (TPSA) is 132 Å². The highest BCUT2D eigenvalue weighted by atomic mass is 79.9. The molecule has 13 heteroatoms. The second-order valence-electron chi connectivity index (χ2n) is 14.4. The van der Waals surface area contributed by atoms with Crippen molar-refractivity contribution in [3.05, 3.63) is 58.1 Å². The van der Waals surface area contributed by atoms with Gasteiger partial charge in [-0.15, -0.1) is 0 Å². The predicted octanol–water partition coefficient (Wildman–Crippen LogP) is 5.91. The molecule has 4 aliphatic rings. The summed E-state index contributed by atoms with van der Waals surface area (Å²) in [6, 6.07) is 14.0. The van der Waals surface area contributed by atoms with Gasteiger partial charge in [-0.1, -0.05) is 31.2 Å². The van der Waals surface area contributed by atoms with Gasteiger partial charge in [0, 0.05) is 62.8 Å². The van der Waals surface area contributed by atoms with Crippen LogP contribution in [0.15, 0.2) is 46.9 Å². The van der Waals surface area contributed by atoms with Crippen molar-refractivity contribution in [1.82, 2.24) is 19.6 Å². The first-order chi connectivity index (χ1) is 25.1. The van der Waals surface area contributed by atoms with Gasteiger partial charge in [0.05, 0.1) is 18.7 Å². The van der Waals surface area contributed by atoms with Crippen LogP contribution in [0.3, 0.4) is 0 Å². The average Bonchev–Trinajstić information content (AvgIpc) is 3.34. The zero-order chi connectivity index (χ0) is 37.2. The number of likely N-dealkylation sites (tertiary alicyclic amines) is 3. The van der Waals surface area contributed by atoms with Gasteiger partial charge in [-0.05, 0) is 116 Å². The normalized spacial score (nSPS) is 19.8. The van der Waals surface area contributed by atoms with Crippen LogP contribution < -0.4 is 5.32 Å². The number of carbonyl (C=O) groups excluding carboxylic acids is 4. The van der Waals surface area contributed by atoms with Crippen molar-refractivity contribution < 1.29 is 33.8 Å². The fraction of sp³-hybridized carbons (Fsp3) is 0.590. The van der Waals surface area contributed by atoms with Gasteiger partial charge in [0.2, 0.25) is 5.91 Å². The number of rotatable bonds is 7. The van der Waals surface area contributed by atoms with E-state index < -0.39 is 0 Å². The van der Waals surface area contributed by atoms with E-state index in [0.717, 1.165) is 82.4 Å². The number of anilines is 1. The number of aromatic hydroxyl groups is 1. The predicted molar refractivity (Wildman–Crippen MR) is 202 cm³/mol. The fourth-order valence-corrected chi connectivity index (χ4v) is 8.38. The van der Waals surface area contributed by atoms with Crippen LogP contribution in [0.4, 0.5) is 15.3 Å². The third-order valence-electron chi connectivity index (χ3n) is 11.1. The monoisotopic (exact) mass is 783 g/mol. The number of fused-ring (bicyclic) bond motifs is 1. The Hall–Kier alpha value is -3.84. The molecule has 52 heavy (non-hydrogen) atoms. The third-order valence-corrected chi connectivity index (χ3v) is 11.7. The maximum Gasteiger partial charge on any atom is 0.409 e. The number of methoxy groups -OCH3 is 2. The van der Waals surface area contributed by atoms with E-state index in [1.165, 1.54) is 19.8 Å².